The smallest absolute Gasteiger partial charge is 0.323 e. The molecule has 92 valence electrons. The van der Waals surface area contributed by atoms with Crippen molar-refractivity contribution in [1.82, 2.24) is 14.5 Å². The van der Waals surface area contributed by atoms with Gasteiger partial charge in [-0.25, -0.2) is 4.98 Å². The predicted octanol–water partition coefficient (Wildman–Crippen LogP) is 0.631. The highest BCUT2D eigenvalue weighted by Crippen LogP contribution is 2.22. The van der Waals surface area contributed by atoms with E-state index in [0.717, 1.165) is 37.6 Å². The van der Waals surface area contributed by atoms with Gasteiger partial charge in [0.25, 0.3) is 0 Å². The van der Waals surface area contributed by atoms with Crippen molar-refractivity contribution in [3.63, 3.8) is 0 Å². The molecule has 0 radical (unpaired) electrons. The largest absolute Gasteiger partial charge is 0.464 e. The molecule has 1 aromatic heterocycles. The zero-order valence-electron chi connectivity index (χ0n) is 10.3. The normalized spacial score (nSPS) is 24.8. The number of ether oxygens (including phenoxy) is 1. The van der Waals surface area contributed by atoms with E-state index in [0.29, 0.717) is 6.61 Å². The number of carbonyl (C=O) groups is 1. The van der Waals surface area contributed by atoms with Crippen LogP contribution in [0.15, 0.2) is 0 Å². The Balaban J connectivity index is 1.83. The third kappa shape index (κ3) is 1.65. The fourth-order valence-electron chi connectivity index (χ4n) is 2.71. The Morgan fingerprint density at radius 3 is 2.88 bits per heavy atom. The molecule has 0 N–H and O–H groups in total. The first-order valence-corrected chi connectivity index (χ1v) is 6.10. The molecule has 2 aliphatic rings. The minimum atomic E-state index is -0.0709. The lowest BCUT2D eigenvalue weighted by molar-refractivity contribution is -0.142. The van der Waals surface area contributed by atoms with Crippen molar-refractivity contribution in [2.75, 3.05) is 13.2 Å². The number of fused-ring (bicyclic) bond motifs is 1. The molecule has 0 saturated carbocycles. The van der Waals surface area contributed by atoms with E-state index < -0.39 is 0 Å². The topological polar surface area (TPSA) is 47.4 Å². The second kappa shape index (κ2) is 3.84. The Hall–Kier alpha value is -1.36. The summed E-state index contributed by atoms with van der Waals surface area (Å²) in [4.78, 5) is 18.3. The van der Waals surface area contributed by atoms with Gasteiger partial charge < -0.3 is 9.30 Å². The van der Waals surface area contributed by atoms with Gasteiger partial charge >= 0.3 is 5.97 Å². The Morgan fingerprint density at radius 2 is 2.18 bits per heavy atom. The van der Waals surface area contributed by atoms with Crippen LogP contribution in [-0.4, -0.2) is 39.6 Å². The molecule has 2 aliphatic heterocycles. The molecule has 3 rings (SSSR count). The first kappa shape index (κ1) is 10.8. The van der Waals surface area contributed by atoms with E-state index in [1.807, 2.05) is 6.92 Å². The molecule has 0 unspecified atom stereocenters. The van der Waals surface area contributed by atoms with E-state index in [2.05, 4.69) is 21.4 Å². The number of esters is 1. The van der Waals surface area contributed by atoms with E-state index in [9.17, 15) is 4.79 Å². The summed E-state index contributed by atoms with van der Waals surface area (Å²) in [6.07, 6.45) is 0.817. The Labute approximate surface area is 100 Å². The van der Waals surface area contributed by atoms with Crippen LogP contribution in [0.1, 0.15) is 23.6 Å². The lowest BCUT2D eigenvalue weighted by Gasteiger charge is -2.30. The van der Waals surface area contributed by atoms with Crippen LogP contribution in [0.25, 0.3) is 0 Å². The molecule has 1 atom stereocenters. The summed E-state index contributed by atoms with van der Waals surface area (Å²) in [6.45, 7) is 7.29. The van der Waals surface area contributed by atoms with Crippen LogP contribution in [0.2, 0.25) is 0 Å². The zero-order valence-corrected chi connectivity index (χ0v) is 10.3. The fourth-order valence-corrected chi connectivity index (χ4v) is 2.71. The SMILES string of the molecule is Cc1nc2n(c1C)CCN([C@@H]1CCOC1=O)C2. The van der Waals surface area contributed by atoms with E-state index >= 15 is 0 Å². The zero-order chi connectivity index (χ0) is 12.0. The number of cyclic esters (lactones) is 1. The van der Waals surface area contributed by atoms with Crippen LogP contribution in [0.5, 0.6) is 0 Å². The number of hydrogen-bond acceptors (Lipinski definition) is 4. The molecular formula is C12H17N3O2. The van der Waals surface area contributed by atoms with Crippen molar-refractivity contribution in [2.24, 2.45) is 0 Å². The van der Waals surface area contributed by atoms with Crippen molar-refractivity contribution in [3.8, 4) is 0 Å². The second-order valence-electron chi connectivity index (χ2n) is 4.79. The van der Waals surface area contributed by atoms with Crippen molar-refractivity contribution < 1.29 is 9.53 Å². The Bertz CT molecular complexity index is 467. The molecule has 3 heterocycles. The van der Waals surface area contributed by atoms with Gasteiger partial charge in [0.15, 0.2) is 0 Å². The molecule has 17 heavy (non-hydrogen) atoms. The quantitative estimate of drug-likeness (QED) is 0.670. The predicted molar refractivity (Wildman–Crippen MR) is 61.5 cm³/mol. The van der Waals surface area contributed by atoms with Gasteiger partial charge in [-0.2, -0.15) is 0 Å². The minimum absolute atomic E-state index is 0.0546. The molecule has 1 fully saturated rings. The summed E-state index contributed by atoms with van der Waals surface area (Å²) in [7, 11) is 0. The van der Waals surface area contributed by atoms with Crippen molar-refractivity contribution in [1.29, 1.82) is 0 Å². The van der Waals surface area contributed by atoms with Crippen LogP contribution >= 0.6 is 0 Å². The van der Waals surface area contributed by atoms with Crippen LogP contribution in [0.4, 0.5) is 0 Å². The van der Waals surface area contributed by atoms with E-state index in [1.165, 1.54) is 5.69 Å². The van der Waals surface area contributed by atoms with Gasteiger partial charge in [-0.05, 0) is 13.8 Å². The molecule has 0 spiro atoms. The number of rotatable bonds is 1. The highest BCUT2D eigenvalue weighted by Gasteiger charge is 2.34. The third-order valence-electron chi connectivity index (χ3n) is 3.84. The van der Waals surface area contributed by atoms with Gasteiger partial charge in [-0.15, -0.1) is 0 Å². The first-order chi connectivity index (χ1) is 8.16. The van der Waals surface area contributed by atoms with Gasteiger partial charge in [0.2, 0.25) is 0 Å². The molecule has 0 amide bonds. The molecule has 1 saturated heterocycles. The Kier molecular flexibility index (Phi) is 2.43. The molecule has 0 bridgehead atoms. The van der Waals surface area contributed by atoms with Gasteiger partial charge in [-0.1, -0.05) is 0 Å². The van der Waals surface area contributed by atoms with E-state index in [4.69, 9.17) is 4.74 Å². The van der Waals surface area contributed by atoms with Gasteiger partial charge in [0, 0.05) is 25.2 Å². The number of imidazole rings is 1. The summed E-state index contributed by atoms with van der Waals surface area (Å²) < 4.78 is 7.28. The number of hydrogen-bond donors (Lipinski definition) is 0. The Morgan fingerprint density at radius 1 is 1.35 bits per heavy atom. The molecule has 5 nitrogen and oxygen atoms in total. The lowest BCUT2D eigenvalue weighted by atomic mass is 10.2. The molecular weight excluding hydrogens is 218 g/mol. The van der Waals surface area contributed by atoms with Gasteiger partial charge in [0.1, 0.15) is 11.9 Å². The summed E-state index contributed by atoms with van der Waals surface area (Å²) >= 11 is 0. The fraction of sp³-hybridized carbons (Fsp3) is 0.667. The van der Waals surface area contributed by atoms with Crippen molar-refractivity contribution >= 4 is 5.97 Å². The van der Waals surface area contributed by atoms with Crippen molar-refractivity contribution in [3.05, 3.63) is 17.2 Å². The van der Waals surface area contributed by atoms with Crippen LogP contribution in [-0.2, 0) is 22.6 Å². The third-order valence-corrected chi connectivity index (χ3v) is 3.84. The molecule has 5 heteroatoms. The second-order valence-corrected chi connectivity index (χ2v) is 4.79. The number of aryl methyl sites for hydroxylation is 1. The average Bonchev–Trinajstić information content (AvgIpc) is 2.84. The van der Waals surface area contributed by atoms with Gasteiger partial charge in [-0.3, -0.25) is 9.69 Å². The van der Waals surface area contributed by atoms with Crippen LogP contribution in [0, 0.1) is 13.8 Å². The van der Waals surface area contributed by atoms with Crippen LogP contribution in [0.3, 0.4) is 0 Å². The number of nitrogens with zero attached hydrogens (tertiary/aromatic N) is 3. The van der Waals surface area contributed by atoms with E-state index in [1.54, 1.807) is 0 Å². The summed E-state index contributed by atoms with van der Waals surface area (Å²) in [6, 6.07) is -0.0546. The maximum Gasteiger partial charge on any atom is 0.323 e. The summed E-state index contributed by atoms with van der Waals surface area (Å²) in [5.41, 5.74) is 2.34. The van der Waals surface area contributed by atoms with Crippen molar-refractivity contribution in [2.45, 2.75) is 39.4 Å². The molecule has 0 aliphatic carbocycles. The summed E-state index contributed by atoms with van der Waals surface area (Å²) in [5, 5.41) is 0. The lowest BCUT2D eigenvalue weighted by Crippen LogP contribution is -2.43. The standard InChI is InChI=1S/C12H17N3O2/c1-8-9(2)15-5-4-14(7-11(15)13-8)10-3-6-17-12(10)16/h10H,3-7H2,1-2H3/t10-/m1/s1. The molecule has 0 aromatic carbocycles. The van der Waals surface area contributed by atoms with E-state index in [-0.39, 0.29) is 12.0 Å². The maximum absolute atomic E-state index is 11.6. The van der Waals surface area contributed by atoms with Gasteiger partial charge in [0.05, 0.1) is 18.8 Å². The van der Waals surface area contributed by atoms with Crippen LogP contribution < -0.4 is 0 Å². The molecule has 1 aromatic rings. The monoisotopic (exact) mass is 235 g/mol. The highest BCUT2D eigenvalue weighted by molar-refractivity contribution is 5.77. The maximum atomic E-state index is 11.6. The highest BCUT2D eigenvalue weighted by atomic mass is 16.5. The average molecular weight is 235 g/mol. The summed E-state index contributed by atoms with van der Waals surface area (Å²) in [5.74, 6) is 1.00. The number of carbonyl (C=O) groups excluding carboxylic acids is 1. The first-order valence-electron chi connectivity index (χ1n) is 6.10. The minimum Gasteiger partial charge on any atom is -0.464 e. The number of aromatic nitrogens is 2.